The third-order valence-electron chi connectivity index (χ3n) is 5.25. The topological polar surface area (TPSA) is 103 Å². The first-order valence-corrected chi connectivity index (χ1v) is 9.18. The molecule has 2 fully saturated rings. The summed E-state index contributed by atoms with van der Waals surface area (Å²) in [6, 6.07) is 1.35. The lowest BCUT2D eigenvalue weighted by Crippen LogP contribution is -2.51. The van der Waals surface area contributed by atoms with Crippen LogP contribution in [0, 0.1) is 0 Å². The van der Waals surface area contributed by atoms with Gasteiger partial charge in [0.05, 0.1) is 31.5 Å². The Labute approximate surface area is 161 Å². The molecule has 0 radical (unpaired) electrons. The van der Waals surface area contributed by atoms with Gasteiger partial charge in [0.25, 0.3) is 11.5 Å². The first kappa shape index (κ1) is 18.2. The molecule has 148 valence electrons. The Balaban J connectivity index is 1.40. The number of nitrogens with zero attached hydrogens (tertiary/aromatic N) is 6. The number of methoxy groups -OCH3 is 1. The maximum absolute atomic E-state index is 12.8. The molecule has 2 amide bonds. The van der Waals surface area contributed by atoms with Crippen LogP contribution in [0.4, 0.5) is 0 Å². The van der Waals surface area contributed by atoms with Crippen LogP contribution in [0.1, 0.15) is 34.9 Å². The summed E-state index contributed by atoms with van der Waals surface area (Å²) < 4.78 is 8.29. The average molecular weight is 386 g/mol. The second-order valence-electron chi connectivity index (χ2n) is 7.18. The molecular formula is C18H22N6O4. The van der Waals surface area contributed by atoms with Gasteiger partial charge in [-0.25, -0.2) is 4.68 Å². The van der Waals surface area contributed by atoms with Crippen molar-refractivity contribution < 1.29 is 14.3 Å². The van der Waals surface area contributed by atoms with Crippen molar-refractivity contribution in [2.75, 3.05) is 26.7 Å². The Bertz CT molecular complexity index is 975. The van der Waals surface area contributed by atoms with Crippen LogP contribution in [-0.4, -0.2) is 67.9 Å². The molecule has 4 heterocycles. The van der Waals surface area contributed by atoms with E-state index in [1.807, 2.05) is 6.20 Å². The molecule has 2 aromatic rings. The maximum atomic E-state index is 12.8. The Hall–Kier alpha value is -3.17. The molecule has 2 aliphatic heterocycles. The van der Waals surface area contributed by atoms with Crippen LogP contribution in [0.25, 0.3) is 0 Å². The van der Waals surface area contributed by atoms with Gasteiger partial charge >= 0.3 is 0 Å². The summed E-state index contributed by atoms with van der Waals surface area (Å²) in [7, 11) is 3.03. The van der Waals surface area contributed by atoms with Gasteiger partial charge in [-0.05, 0) is 6.42 Å². The lowest BCUT2D eigenvalue weighted by Gasteiger charge is -2.39. The fraction of sp³-hybridized carbons (Fsp3) is 0.500. The van der Waals surface area contributed by atoms with E-state index in [4.69, 9.17) is 4.74 Å². The number of pyridine rings is 1. The second kappa shape index (κ2) is 7.10. The van der Waals surface area contributed by atoms with Crippen LogP contribution < -0.4 is 10.3 Å². The van der Waals surface area contributed by atoms with Gasteiger partial charge in [0.1, 0.15) is 11.4 Å². The first-order chi connectivity index (χ1) is 13.5. The molecule has 0 spiro atoms. The number of rotatable bonds is 5. The van der Waals surface area contributed by atoms with E-state index >= 15 is 0 Å². The lowest BCUT2D eigenvalue weighted by molar-refractivity contribution is -0.128. The molecule has 28 heavy (non-hydrogen) atoms. The predicted molar refractivity (Wildman–Crippen MR) is 97.8 cm³/mol. The van der Waals surface area contributed by atoms with Crippen molar-refractivity contribution in [3.63, 3.8) is 0 Å². The van der Waals surface area contributed by atoms with Gasteiger partial charge in [-0.3, -0.25) is 14.4 Å². The highest BCUT2D eigenvalue weighted by Crippen LogP contribution is 2.26. The highest BCUT2D eigenvalue weighted by atomic mass is 16.5. The van der Waals surface area contributed by atoms with E-state index in [1.165, 1.54) is 23.9 Å². The number of carbonyl (C=O) groups excluding carboxylic acids is 2. The van der Waals surface area contributed by atoms with Crippen molar-refractivity contribution in [1.29, 1.82) is 0 Å². The van der Waals surface area contributed by atoms with Crippen LogP contribution in [-0.2, 0) is 18.4 Å². The van der Waals surface area contributed by atoms with Gasteiger partial charge in [0, 0.05) is 45.4 Å². The molecule has 2 aliphatic rings. The second-order valence-corrected chi connectivity index (χ2v) is 7.18. The monoisotopic (exact) mass is 386 g/mol. The van der Waals surface area contributed by atoms with Gasteiger partial charge in [0.2, 0.25) is 5.91 Å². The van der Waals surface area contributed by atoms with Crippen LogP contribution >= 0.6 is 0 Å². The summed E-state index contributed by atoms with van der Waals surface area (Å²) in [6.45, 7) is 2.23. The molecule has 0 aliphatic carbocycles. The highest BCUT2D eigenvalue weighted by molar-refractivity contribution is 5.97. The van der Waals surface area contributed by atoms with Gasteiger partial charge < -0.3 is 19.1 Å². The van der Waals surface area contributed by atoms with Crippen LogP contribution in [0.5, 0.6) is 5.75 Å². The quantitative estimate of drug-likeness (QED) is 0.705. The zero-order chi connectivity index (χ0) is 19.8. The highest BCUT2D eigenvalue weighted by Gasteiger charge is 2.35. The first-order valence-electron chi connectivity index (χ1n) is 9.18. The van der Waals surface area contributed by atoms with Gasteiger partial charge in [-0.2, -0.15) is 0 Å². The number of hydrogen-bond donors (Lipinski definition) is 0. The SMILES string of the molecule is COc1cc(=O)n(C)cc1C(=O)N1CC(n2cc(CN3CCCC3=O)nn2)C1. The van der Waals surface area contributed by atoms with E-state index < -0.39 is 0 Å². The largest absolute Gasteiger partial charge is 0.496 e. The molecule has 0 N–H and O–H groups in total. The van der Waals surface area contributed by atoms with Crippen molar-refractivity contribution >= 4 is 11.8 Å². The van der Waals surface area contributed by atoms with E-state index in [2.05, 4.69) is 10.3 Å². The fourth-order valence-corrected chi connectivity index (χ4v) is 3.53. The Morgan fingerprint density at radius 2 is 2.07 bits per heavy atom. The van der Waals surface area contributed by atoms with E-state index in [0.717, 1.165) is 18.7 Å². The van der Waals surface area contributed by atoms with Crippen molar-refractivity contribution in [2.24, 2.45) is 7.05 Å². The molecule has 0 unspecified atom stereocenters. The predicted octanol–water partition coefficient (Wildman–Crippen LogP) is -0.195. The molecular weight excluding hydrogens is 364 g/mol. The summed E-state index contributed by atoms with van der Waals surface area (Å²) in [4.78, 5) is 39.7. The summed E-state index contributed by atoms with van der Waals surface area (Å²) in [5.74, 6) is 0.239. The molecule has 10 nitrogen and oxygen atoms in total. The normalized spacial score (nSPS) is 17.1. The third-order valence-corrected chi connectivity index (χ3v) is 5.25. The molecule has 0 atom stereocenters. The molecule has 0 aromatic carbocycles. The van der Waals surface area contributed by atoms with Crippen molar-refractivity contribution in [1.82, 2.24) is 29.4 Å². The minimum atomic E-state index is -0.235. The van der Waals surface area contributed by atoms with Gasteiger partial charge in [0.15, 0.2) is 0 Å². The summed E-state index contributed by atoms with van der Waals surface area (Å²) in [5.41, 5.74) is 0.871. The van der Waals surface area contributed by atoms with Crippen LogP contribution in [0.3, 0.4) is 0 Å². The lowest BCUT2D eigenvalue weighted by atomic mass is 10.1. The van der Waals surface area contributed by atoms with Crippen molar-refractivity contribution in [3.05, 3.63) is 40.1 Å². The number of ether oxygens (including phenoxy) is 1. The van der Waals surface area contributed by atoms with E-state index in [9.17, 15) is 14.4 Å². The Morgan fingerprint density at radius 1 is 1.29 bits per heavy atom. The van der Waals surface area contributed by atoms with E-state index in [1.54, 1.807) is 21.5 Å². The summed E-state index contributed by atoms with van der Waals surface area (Å²) >= 11 is 0. The Kier molecular flexibility index (Phi) is 4.62. The molecule has 2 saturated heterocycles. The van der Waals surface area contributed by atoms with Crippen molar-refractivity contribution in [2.45, 2.75) is 25.4 Å². The summed E-state index contributed by atoms with van der Waals surface area (Å²) in [6.07, 6.45) is 4.83. The number of aromatic nitrogens is 4. The number of aryl methyl sites for hydroxylation is 1. The third kappa shape index (κ3) is 3.25. The average Bonchev–Trinajstić information content (AvgIpc) is 3.25. The number of hydrogen-bond acceptors (Lipinski definition) is 6. The van der Waals surface area contributed by atoms with Crippen LogP contribution in [0.15, 0.2) is 23.3 Å². The zero-order valence-corrected chi connectivity index (χ0v) is 15.9. The Morgan fingerprint density at radius 3 is 2.75 bits per heavy atom. The number of carbonyl (C=O) groups is 2. The zero-order valence-electron chi connectivity index (χ0n) is 15.9. The molecule has 4 rings (SSSR count). The van der Waals surface area contributed by atoms with Crippen molar-refractivity contribution in [3.8, 4) is 5.75 Å². The van der Waals surface area contributed by atoms with E-state index in [-0.39, 0.29) is 29.2 Å². The van der Waals surface area contributed by atoms with Gasteiger partial charge in [-0.15, -0.1) is 5.10 Å². The smallest absolute Gasteiger partial charge is 0.259 e. The standard InChI is InChI=1S/C18H22N6O4/c1-21-11-14(15(28-2)6-17(21)26)18(27)23-9-13(10-23)24-8-12(19-20-24)7-22-5-3-4-16(22)25/h6,8,11,13H,3-5,7,9-10H2,1-2H3. The molecule has 10 heteroatoms. The molecule has 0 saturated carbocycles. The number of amides is 2. The summed E-state index contributed by atoms with van der Waals surface area (Å²) in [5, 5.41) is 8.30. The van der Waals surface area contributed by atoms with Gasteiger partial charge in [-0.1, -0.05) is 5.21 Å². The van der Waals surface area contributed by atoms with Crippen LogP contribution in [0.2, 0.25) is 0 Å². The molecule has 2 aromatic heterocycles. The number of likely N-dealkylation sites (tertiary alicyclic amines) is 2. The minimum Gasteiger partial charge on any atom is -0.496 e. The maximum Gasteiger partial charge on any atom is 0.259 e. The molecule has 0 bridgehead atoms. The van der Waals surface area contributed by atoms with E-state index in [0.29, 0.717) is 31.6 Å². The minimum absolute atomic E-state index is 0.0398. The fourth-order valence-electron chi connectivity index (χ4n) is 3.53.